The van der Waals surface area contributed by atoms with Gasteiger partial charge in [-0.05, 0) is 47.0 Å². The SMILES string of the molecule is CCOC(=O)CCC1C2(CCOCC2)N2OC(C)(C)CC12C(=O)OCC. The molecule has 26 heavy (non-hydrogen) atoms. The maximum atomic E-state index is 13.0. The molecular weight excluding hydrogens is 338 g/mol. The van der Waals surface area contributed by atoms with Crippen LogP contribution in [0.5, 0.6) is 0 Å². The van der Waals surface area contributed by atoms with Gasteiger partial charge in [0.15, 0.2) is 5.54 Å². The van der Waals surface area contributed by atoms with Crippen molar-refractivity contribution in [2.45, 2.75) is 76.5 Å². The van der Waals surface area contributed by atoms with Crippen LogP contribution in [-0.4, -0.2) is 60.1 Å². The van der Waals surface area contributed by atoms with Gasteiger partial charge in [0.25, 0.3) is 0 Å². The molecule has 3 heterocycles. The Kier molecular flexibility index (Phi) is 5.34. The number of ether oxygens (including phenoxy) is 3. The molecule has 2 unspecified atom stereocenters. The average molecular weight is 369 g/mol. The molecule has 0 aromatic rings. The Balaban J connectivity index is 1.91. The molecule has 3 saturated heterocycles. The minimum Gasteiger partial charge on any atom is -0.466 e. The second-order valence-electron chi connectivity index (χ2n) is 8.08. The van der Waals surface area contributed by atoms with Crippen LogP contribution < -0.4 is 0 Å². The number of rotatable bonds is 6. The average Bonchev–Trinajstić information content (AvgIpc) is 2.86. The third kappa shape index (κ3) is 2.94. The molecule has 0 radical (unpaired) electrons. The van der Waals surface area contributed by atoms with Crippen molar-refractivity contribution in [1.82, 2.24) is 5.06 Å². The molecule has 3 fully saturated rings. The first-order chi connectivity index (χ1) is 12.3. The van der Waals surface area contributed by atoms with E-state index < -0.39 is 11.1 Å². The maximum absolute atomic E-state index is 13.0. The van der Waals surface area contributed by atoms with E-state index in [2.05, 4.69) is 0 Å². The molecule has 0 aliphatic carbocycles. The number of hydrogen-bond donors (Lipinski definition) is 0. The summed E-state index contributed by atoms with van der Waals surface area (Å²) < 4.78 is 16.1. The van der Waals surface area contributed by atoms with Crippen LogP contribution in [0.3, 0.4) is 0 Å². The monoisotopic (exact) mass is 369 g/mol. The number of nitrogens with zero attached hydrogens (tertiary/aromatic N) is 1. The van der Waals surface area contributed by atoms with Crippen molar-refractivity contribution in [2.75, 3.05) is 26.4 Å². The molecule has 3 aliphatic heterocycles. The van der Waals surface area contributed by atoms with E-state index in [1.165, 1.54) is 0 Å². The van der Waals surface area contributed by atoms with E-state index in [4.69, 9.17) is 19.0 Å². The zero-order valence-electron chi connectivity index (χ0n) is 16.3. The summed E-state index contributed by atoms with van der Waals surface area (Å²) in [6, 6.07) is 0. The van der Waals surface area contributed by atoms with E-state index in [9.17, 15) is 9.59 Å². The van der Waals surface area contributed by atoms with Crippen molar-refractivity contribution < 1.29 is 28.6 Å². The van der Waals surface area contributed by atoms with Gasteiger partial charge in [0.2, 0.25) is 0 Å². The van der Waals surface area contributed by atoms with Crippen molar-refractivity contribution in [3.63, 3.8) is 0 Å². The van der Waals surface area contributed by atoms with Gasteiger partial charge in [-0.15, -0.1) is 0 Å². The number of fused-ring (bicyclic) bond motifs is 2. The van der Waals surface area contributed by atoms with E-state index in [1.807, 2.05) is 25.8 Å². The van der Waals surface area contributed by atoms with Gasteiger partial charge in [0, 0.05) is 32.0 Å². The van der Waals surface area contributed by atoms with Gasteiger partial charge in [-0.3, -0.25) is 9.63 Å². The number of esters is 2. The van der Waals surface area contributed by atoms with Gasteiger partial charge < -0.3 is 14.2 Å². The fourth-order valence-electron chi connectivity index (χ4n) is 5.19. The highest BCUT2D eigenvalue weighted by Crippen LogP contribution is 2.64. The Bertz CT molecular complexity index is 556. The molecule has 0 aromatic heterocycles. The van der Waals surface area contributed by atoms with Crippen LogP contribution in [0, 0.1) is 5.92 Å². The summed E-state index contributed by atoms with van der Waals surface area (Å²) in [4.78, 5) is 31.3. The highest BCUT2D eigenvalue weighted by Gasteiger charge is 2.78. The predicted octanol–water partition coefficient (Wildman–Crippen LogP) is 2.23. The standard InChI is InChI=1S/C19H31NO6/c1-5-24-15(21)8-7-14-18(9-11-23-12-10-18)20-19(14,16(22)25-6-2)13-17(3,4)26-20/h14H,5-13H2,1-4H3. The van der Waals surface area contributed by atoms with Gasteiger partial charge >= 0.3 is 11.9 Å². The highest BCUT2D eigenvalue weighted by atomic mass is 16.7. The molecule has 1 spiro atoms. The van der Waals surface area contributed by atoms with Crippen molar-refractivity contribution in [2.24, 2.45) is 5.92 Å². The van der Waals surface area contributed by atoms with Crippen molar-refractivity contribution in [3.05, 3.63) is 0 Å². The lowest BCUT2D eigenvalue weighted by Gasteiger charge is -2.66. The Labute approximate surface area is 155 Å². The van der Waals surface area contributed by atoms with E-state index >= 15 is 0 Å². The first kappa shape index (κ1) is 19.6. The molecule has 0 N–H and O–H groups in total. The number of carbonyl (C=O) groups excluding carboxylic acids is 2. The molecule has 148 valence electrons. The normalized spacial score (nSPS) is 31.9. The van der Waals surface area contributed by atoms with Gasteiger partial charge in [0.1, 0.15) is 0 Å². The van der Waals surface area contributed by atoms with Crippen LogP contribution in [0.25, 0.3) is 0 Å². The maximum Gasteiger partial charge on any atom is 0.329 e. The van der Waals surface area contributed by atoms with Crippen LogP contribution >= 0.6 is 0 Å². The quantitative estimate of drug-likeness (QED) is 0.665. The smallest absolute Gasteiger partial charge is 0.329 e. The van der Waals surface area contributed by atoms with Gasteiger partial charge in [-0.1, -0.05) is 0 Å². The summed E-state index contributed by atoms with van der Waals surface area (Å²) in [5, 5.41) is 1.91. The Morgan fingerprint density at radius 1 is 1.12 bits per heavy atom. The number of carbonyl (C=O) groups is 2. The van der Waals surface area contributed by atoms with E-state index in [0.717, 1.165) is 12.8 Å². The molecule has 7 nitrogen and oxygen atoms in total. The molecule has 3 rings (SSSR count). The second-order valence-corrected chi connectivity index (χ2v) is 8.08. The Morgan fingerprint density at radius 3 is 2.38 bits per heavy atom. The largest absolute Gasteiger partial charge is 0.466 e. The third-order valence-corrected chi connectivity index (χ3v) is 5.96. The van der Waals surface area contributed by atoms with Crippen LogP contribution in [0.15, 0.2) is 0 Å². The fourth-order valence-corrected chi connectivity index (χ4v) is 5.19. The van der Waals surface area contributed by atoms with Crippen molar-refractivity contribution in [3.8, 4) is 0 Å². The molecule has 0 bridgehead atoms. The lowest BCUT2D eigenvalue weighted by molar-refractivity contribution is -0.364. The molecule has 7 heteroatoms. The predicted molar refractivity (Wildman–Crippen MR) is 93.1 cm³/mol. The van der Waals surface area contributed by atoms with E-state index in [-0.39, 0.29) is 23.4 Å². The van der Waals surface area contributed by atoms with Crippen LogP contribution in [0.2, 0.25) is 0 Å². The third-order valence-electron chi connectivity index (χ3n) is 5.96. The first-order valence-electron chi connectivity index (χ1n) is 9.72. The summed E-state index contributed by atoms with van der Waals surface area (Å²) in [6.07, 6.45) is 3.04. The van der Waals surface area contributed by atoms with E-state index in [0.29, 0.717) is 45.7 Å². The minimum atomic E-state index is -0.816. The Morgan fingerprint density at radius 2 is 1.77 bits per heavy atom. The lowest BCUT2D eigenvalue weighted by atomic mass is 9.55. The zero-order chi connectivity index (χ0) is 19.0. The minimum absolute atomic E-state index is 0.0101. The van der Waals surface area contributed by atoms with Crippen molar-refractivity contribution >= 4 is 11.9 Å². The summed E-state index contributed by atoms with van der Waals surface area (Å²) >= 11 is 0. The van der Waals surface area contributed by atoms with Crippen molar-refractivity contribution in [1.29, 1.82) is 0 Å². The fraction of sp³-hybridized carbons (Fsp3) is 0.895. The number of hydroxylamine groups is 2. The van der Waals surface area contributed by atoms with Gasteiger partial charge in [-0.2, -0.15) is 5.06 Å². The number of hydrogen-bond acceptors (Lipinski definition) is 7. The topological polar surface area (TPSA) is 74.3 Å². The van der Waals surface area contributed by atoms with E-state index in [1.54, 1.807) is 6.92 Å². The van der Waals surface area contributed by atoms with Gasteiger partial charge in [0.05, 0.1) is 24.4 Å². The Hall–Kier alpha value is -1.18. The van der Waals surface area contributed by atoms with Gasteiger partial charge in [-0.25, -0.2) is 4.79 Å². The molecule has 0 aromatic carbocycles. The molecule has 2 atom stereocenters. The molecule has 0 saturated carbocycles. The lowest BCUT2D eigenvalue weighted by Crippen LogP contribution is -2.81. The molecular formula is C19H31NO6. The van der Waals surface area contributed by atoms with Crippen LogP contribution in [0.1, 0.15) is 59.8 Å². The van der Waals surface area contributed by atoms with Crippen LogP contribution in [0.4, 0.5) is 0 Å². The zero-order valence-corrected chi connectivity index (χ0v) is 16.3. The summed E-state index contributed by atoms with van der Waals surface area (Å²) in [7, 11) is 0. The second kappa shape index (κ2) is 7.09. The summed E-state index contributed by atoms with van der Waals surface area (Å²) in [6.45, 7) is 9.59. The highest BCUT2D eigenvalue weighted by molar-refractivity contribution is 5.84. The first-order valence-corrected chi connectivity index (χ1v) is 9.72. The van der Waals surface area contributed by atoms with Crippen LogP contribution in [-0.2, 0) is 28.6 Å². The summed E-state index contributed by atoms with van der Waals surface area (Å²) in [5.74, 6) is -0.467. The molecule has 0 amide bonds. The summed E-state index contributed by atoms with van der Waals surface area (Å²) in [5.41, 5.74) is -1.54. The molecule has 3 aliphatic rings.